The number of nitrogens with one attached hydrogen (secondary N) is 7. The first kappa shape index (κ1) is 52.2. The number of rotatable bonds is 24. The van der Waals surface area contributed by atoms with Crippen LogP contribution >= 0.6 is 25.3 Å². The van der Waals surface area contributed by atoms with E-state index in [9.17, 15) is 53.4 Å². The summed E-state index contributed by atoms with van der Waals surface area (Å²) in [6, 6.07) is -2.18. The van der Waals surface area contributed by atoms with E-state index < -0.39 is 115 Å². The van der Waals surface area contributed by atoms with Crippen molar-refractivity contribution in [2.45, 2.75) is 107 Å². The number of carbonyl (C=O) groups is 9. The number of hydrogen-bond acceptors (Lipinski definition) is 14. The van der Waals surface area contributed by atoms with E-state index in [0.717, 1.165) is 10.9 Å². The van der Waals surface area contributed by atoms with Crippen LogP contribution in [0.1, 0.15) is 57.4 Å². The smallest absolute Gasteiger partial charge is 0.327 e. The van der Waals surface area contributed by atoms with Crippen LogP contribution in [0.15, 0.2) is 30.5 Å². The molecule has 2 fully saturated rings. The Kier molecular flexibility index (Phi) is 20.3. The standard InChI is InChI=1S/C41H61N11O11S2/c1-22(46-35(56)27(10-4-5-13-42)47-33(54)18-45-37(58)31-11-6-14-51(31)39(60)25(43)20-64)34(55)49-29(19-53)40(61)52-15-7-12-32(52)38(59)48-28(36(57)50-30(21-65)41(62)63)16-23-17-44-26-9-3-2-8-24(23)26/h2-3,8-9,17,22,25,27-32,44,53,64-65H,4-7,10-16,18-21,42-43H2,1H3,(H,45,58)(H,46,56)(H,47,54)(H,48,59)(H,49,55)(H,50,57)(H,62,63)/t22-,25-,27-,28-,29-,30-,31-,32-/m0/s1. The van der Waals surface area contributed by atoms with Crippen molar-refractivity contribution in [2.24, 2.45) is 11.5 Å². The zero-order valence-corrected chi connectivity index (χ0v) is 37.9. The Morgan fingerprint density at radius 1 is 0.785 bits per heavy atom. The average Bonchev–Trinajstić information content (AvgIpc) is 4.09. The molecule has 4 rings (SSSR count). The molecule has 3 heterocycles. The van der Waals surface area contributed by atoms with Gasteiger partial charge in [-0.3, -0.25) is 38.4 Å². The van der Waals surface area contributed by atoms with Crippen molar-refractivity contribution in [1.82, 2.24) is 46.7 Å². The lowest BCUT2D eigenvalue weighted by Gasteiger charge is -2.30. The van der Waals surface area contributed by atoms with E-state index in [1.165, 1.54) is 16.7 Å². The second-order valence-electron chi connectivity index (χ2n) is 16.0. The molecular weight excluding hydrogens is 887 g/mol. The first-order valence-electron chi connectivity index (χ1n) is 21.5. The molecule has 24 heteroatoms. The highest BCUT2D eigenvalue weighted by Gasteiger charge is 2.40. The molecule has 8 atom stereocenters. The number of likely N-dealkylation sites (tertiary alicyclic amines) is 2. The fraction of sp³-hybridized carbons (Fsp3) is 0.585. The van der Waals surface area contributed by atoms with Crippen molar-refractivity contribution in [3.05, 3.63) is 36.0 Å². The van der Waals surface area contributed by atoms with Gasteiger partial charge < -0.3 is 68.4 Å². The van der Waals surface area contributed by atoms with Crippen molar-refractivity contribution in [2.75, 3.05) is 44.3 Å². The van der Waals surface area contributed by atoms with Crippen LogP contribution in [0.4, 0.5) is 0 Å². The monoisotopic (exact) mass is 947 g/mol. The maximum absolute atomic E-state index is 13.9. The second kappa shape index (κ2) is 25.3. The van der Waals surface area contributed by atoms with Crippen LogP contribution in [0.2, 0.25) is 0 Å². The minimum absolute atomic E-state index is 0.0379. The predicted octanol–water partition coefficient (Wildman–Crippen LogP) is -3.35. The molecule has 65 heavy (non-hydrogen) atoms. The summed E-state index contributed by atoms with van der Waals surface area (Å²) in [7, 11) is 0. The highest BCUT2D eigenvalue weighted by Crippen LogP contribution is 2.22. The number of aliphatic hydroxyl groups is 1. The third-order valence-electron chi connectivity index (χ3n) is 11.3. The number of hydrogen-bond donors (Lipinski definition) is 13. The van der Waals surface area contributed by atoms with E-state index in [1.54, 1.807) is 12.3 Å². The van der Waals surface area contributed by atoms with Crippen LogP contribution in [0, 0.1) is 0 Å². The Morgan fingerprint density at radius 2 is 1.42 bits per heavy atom. The molecule has 2 aromatic rings. The Bertz CT molecular complexity index is 2040. The van der Waals surface area contributed by atoms with Gasteiger partial charge in [-0.1, -0.05) is 18.2 Å². The summed E-state index contributed by atoms with van der Waals surface area (Å²) < 4.78 is 0. The third kappa shape index (κ3) is 14.3. The zero-order chi connectivity index (χ0) is 47.8. The van der Waals surface area contributed by atoms with E-state index in [4.69, 9.17) is 11.5 Å². The first-order valence-corrected chi connectivity index (χ1v) is 22.8. The highest BCUT2D eigenvalue weighted by atomic mass is 32.1. The predicted molar refractivity (Wildman–Crippen MR) is 243 cm³/mol. The molecule has 0 spiro atoms. The minimum atomic E-state index is -1.55. The van der Waals surface area contributed by atoms with Crippen LogP contribution in [-0.4, -0.2) is 171 Å². The summed E-state index contributed by atoms with van der Waals surface area (Å²) in [4.78, 5) is 124. The van der Waals surface area contributed by atoms with Gasteiger partial charge in [0.1, 0.15) is 42.3 Å². The number of H-pyrrole nitrogens is 1. The maximum atomic E-state index is 13.9. The maximum Gasteiger partial charge on any atom is 0.327 e. The van der Waals surface area contributed by atoms with E-state index in [2.05, 4.69) is 62.1 Å². The van der Waals surface area contributed by atoms with Crippen LogP contribution in [0.5, 0.6) is 0 Å². The van der Waals surface area contributed by atoms with Gasteiger partial charge >= 0.3 is 5.97 Å². The molecule has 0 radical (unpaired) electrons. The Hall–Kier alpha value is -5.43. The molecule has 0 aliphatic carbocycles. The summed E-state index contributed by atoms with van der Waals surface area (Å²) in [6.45, 7) is 0.649. The number of nitrogens with two attached hydrogens (primary N) is 2. The number of aliphatic carboxylic acids is 1. The van der Waals surface area contributed by atoms with E-state index in [0.29, 0.717) is 50.8 Å². The number of aliphatic hydroxyl groups excluding tert-OH is 1. The summed E-state index contributed by atoms with van der Waals surface area (Å²) >= 11 is 8.07. The highest BCUT2D eigenvalue weighted by molar-refractivity contribution is 7.80. The molecular formula is C41H61N11O11S2. The number of benzene rings is 1. The summed E-state index contributed by atoms with van der Waals surface area (Å²) in [5, 5.41) is 35.7. The second-order valence-corrected chi connectivity index (χ2v) is 16.7. The van der Waals surface area contributed by atoms with Gasteiger partial charge in [0.05, 0.1) is 19.2 Å². The lowest BCUT2D eigenvalue weighted by Crippen LogP contribution is -2.60. The van der Waals surface area contributed by atoms with Gasteiger partial charge in [-0.25, -0.2) is 4.79 Å². The van der Waals surface area contributed by atoms with Gasteiger partial charge in [0.15, 0.2) is 0 Å². The van der Waals surface area contributed by atoms with Crippen molar-refractivity contribution >= 4 is 89.4 Å². The van der Waals surface area contributed by atoms with Crippen LogP contribution < -0.4 is 43.4 Å². The number of thiol groups is 2. The third-order valence-corrected chi connectivity index (χ3v) is 12.0. The number of nitrogens with zero attached hydrogens (tertiary/aromatic N) is 2. The summed E-state index contributed by atoms with van der Waals surface area (Å²) in [5.41, 5.74) is 12.9. The number of carbonyl (C=O) groups excluding carboxylic acids is 8. The first-order chi connectivity index (χ1) is 31.0. The molecule has 2 saturated heterocycles. The van der Waals surface area contributed by atoms with Crippen LogP contribution in [0.3, 0.4) is 0 Å². The number of para-hydroxylation sites is 1. The van der Waals surface area contributed by atoms with E-state index >= 15 is 0 Å². The fourth-order valence-corrected chi connectivity index (χ4v) is 8.11. The van der Waals surface area contributed by atoms with Gasteiger partial charge in [-0.15, -0.1) is 0 Å². The summed E-state index contributed by atoms with van der Waals surface area (Å²) in [5.74, 6) is -7.09. The molecule has 2 aliphatic heterocycles. The molecule has 22 nitrogen and oxygen atoms in total. The largest absolute Gasteiger partial charge is 0.480 e. The van der Waals surface area contributed by atoms with Gasteiger partial charge in [-0.2, -0.15) is 25.3 Å². The molecule has 1 aromatic heterocycles. The molecule has 358 valence electrons. The zero-order valence-electron chi connectivity index (χ0n) is 36.1. The van der Waals surface area contributed by atoms with Crippen molar-refractivity contribution in [3.8, 4) is 0 Å². The molecule has 0 saturated carbocycles. The van der Waals surface area contributed by atoms with E-state index in [-0.39, 0.29) is 37.3 Å². The number of aromatic amines is 1. The number of carboxylic acids is 1. The Labute approximate surface area is 386 Å². The Morgan fingerprint density at radius 3 is 2.05 bits per heavy atom. The van der Waals surface area contributed by atoms with Crippen LogP contribution in [0.25, 0.3) is 10.9 Å². The lowest BCUT2D eigenvalue weighted by atomic mass is 10.0. The normalized spacial score (nSPS) is 18.7. The van der Waals surface area contributed by atoms with Crippen molar-refractivity contribution < 1.29 is 53.4 Å². The summed E-state index contributed by atoms with van der Waals surface area (Å²) in [6.07, 6.45) is 4.19. The number of aromatic nitrogens is 1. The average molecular weight is 948 g/mol. The topological polar surface area (TPSA) is 341 Å². The molecule has 0 unspecified atom stereocenters. The molecule has 8 amide bonds. The van der Waals surface area contributed by atoms with E-state index in [1.807, 2.05) is 18.2 Å². The lowest BCUT2D eigenvalue weighted by molar-refractivity contribution is -0.144. The number of fused-ring (bicyclic) bond motifs is 1. The van der Waals surface area contributed by atoms with Gasteiger partial charge in [0, 0.05) is 48.1 Å². The molecule has 2 aliphatic rings. The minimum Gasteiger partial charge on any atom is -0.480 e. The van der Waals surface area contributed by atoms with Crippen molar-refractivity contribution in [3.63, 3.8) is 0 Å². The van der Waals surface area contributed by atoms with Crippen molar-refractivity contribution in [1.29, 1.82) is 0 Å². The van der Waals surface area contributed by atoms with Gasteiger partial charge in [0.25, 0.3) is 0 Å². The Balaban J connectivity index is 1.37. The molecule has 1 aromatic carbocycles. The quantitative estimate of drug-likeness (QED) is 0.0362. The van der Waals surface area contributed by atoms with Gasteiger partial charge in [-0.05, 0) is 70.0 Å². The number of amides is 8. The molecule has 0 bridgehead atoms. The van der Waals surface area contributed by atoms with Crippen LogP contribution in [-0.2, 0) is 49.6 Å². The molecule has 13 N–H and O–H groups in total. The van der Waals surface area contributed by atoms with Gasteiger partial charge in [0.2, 0.25) is 47.3 Å². The fourth-order valence-electron chi connectivity index (χ4n) is 7.71. The number of carboxylic acid groups (broad SMARTS) is 1. The number of unbranched alkanes of at least 4 members (excludes halogenated alkanes) is 1. The SMILES string of the molecule is C[C@H](NC(=O)[C@H](CCCCN)NC(=O)CNC(=O)[C@@H]1CCCN1C(=O)[C@@H](N)CS)C(=O)N[C@@H](CO)C(=O)N1CCC[C@H]1C(=O)N[C@@H](Cc1c[nH]c2ccccc12)C(=O)N[C@@H](CS)C(=O)O.